The van der Waals surface area contributed by atoms with E-state index in [1.54, 1.807) is 6.33 Å². The average Bonchev–Trinajstić information content (AvgIpc) is 2.68. The van der Waals surface area contributed by atoms with Crippen LogP contribution >= 0.6 is 11.6 Å². The summed E-state index contributed by atoms with van der Waals surface area (Å²) in [5.41, 5.74) is 5.38. The van der Waals surface area contributed by atoms with E-state index in [0.717, 1.165) is 39.5 Å². The molecule has 0 fully saturated rings. The fraction of sp³-hybridized carbons (Fsp3) is 0.130. The number of anilines is 2. The van der Waals surface area contributed by atoms with Crippen LogP contribution in [0.3, 0.4) is 0 Å². The van der Waals surface area contributed by atoms with E-state index >= 15 is 0 Å². The van der Waals surface area contributed by atoms with Gasteiger partial charge in [-0.3, -0.25) is 0 Å². The molecule has 5 heteroatoms. The van der Waals surface area contributed by atoms with Gasteiger partial charge in [0.1, 0.15) is 23.6 Å². The van der Waals surface area contributed by atoms with Gasteiger partial charge in [-0.15, -0.1) is 0 Å². The van der Waals surface area contributed by atoms with Gasteiger partial charge in [-0.2, -0.15) is 0 Å². The molecule has 0 saturated heterocycles. The molecule has 0 saturated carbocycles. The first-order valence-corrected chi connectivity index (χ1v) is 9.40. The molecule has 0 aliphatic rings. The van der Waals surface area contributed by atoms with Gasteiger partial charge in [-0.1, -0.05) is 17.7 Å². The third-order valence-corrected chi connectivity index (χ3v) is 5.01. The maximum absolute atomic E-state index is 5.96. The summed E-state index contributed by atoms with van der Waals surface area (Å²) in [6.07, 6.45) is 1.59. The molecule has 0 atom stereocenters. The minimum absolute atomic E-state index is 0.680. The van der Waals surface area contributed by atoms with Gasteiger partial charge in [-0.25, -0.2) is 9.97 Å². The minimum Gasteiger partial charge on any atom is -0.457 e. The normalized spacial score (nSPS) is 10.9. The molecule has 0 unspecified atom stereocenters. The standard InChI is InChI=1S/C23H20ClN3O/c1-14-4-7-19(28-18-8-5-17(24)6-9-18)12-21(14)27-23-20-10-15(2)16(3)11-22(20)25-13-26-23/h4-13H,1-3H3,(H,25,26,27). The lowest BCUT2D eigenvalue weighted by Gasteiger charge is -2.14. The molecule has 3 aromatic carbocycles. The molecule has 140 valence electrons. The SMILES string of the molecule is Cc1cc2ncnc(Nc3cc(Oc4ccc(Cl)cc4)ccc3C)c2cc1C. The van der Waals surface area contributed by atoms with Crippen molar-refractivity contribution in [2.45, 2.75) is 20.8 Å². The number of hydrogen-bond acceptors (Lipinski definition) is 4. The van der Waals surface area contributed by atoms with Crippen LogP contribution in [-0.2, 0) is 0 Å². The van der Waals surface area contributed by atoms with Gasteiger partial charge in [0.05, 0.1) is 5.52 Å². The molecule has 0 radical (unpaired) electrons. The topological polar surface area (TPSA) is 47.0 Å². The summed E-state index contributed by atoms with van der Waals surface area (Å²) in [4.78, 5) is 8.86. The highest BCUT2D eigenvalue weighted by molar-refractivity contribution is 6.30. The Morgan fingerprint density at radius 1 is 0.786 bits per heavy atom. The van der Waals surface area contributed by atoms with Crippen molar-refractivity contribution in [2.24, 2.45) is 0 Å². The maximum atomic E-state index is 5.96. The van der Waals surface area contributed by atoms with Crippen LogP contribution in [0.5, 0.6) is 11.5 Å². The van der Waals surface area contributed by atoms with E-state index in [0.29, 0.717) is 5.02 Å². The van der Waals surface area contributed by atoms with Gasteiger partial charge in [0.15, 0.2) is 0 Å². The number of nitrogens with zero attached hydrogens (tertiary/aromatic N) is 2. The number of aromatic nitrogens is 2. The van der Waals surface area contributed by atoms with Gasteiger partial charge in [-0.05, 0) is 79.9 Å². The Labute approximate surface area is 169 Å². The van der Waals surface area contributed by atoms with E-state index < -0.39 is 0 Å². The zero-order valence-electron chi connectivity index (χ0n) is 16.0. The molecular weight excluding hydrogens is 370 g/mol. The first-order valence-electron chi connectivity index (χ1n) is 9.02. The average molecular weight is 390 g/mol. The van der Waals surface area contributed by atoms with Crippen molar-refractivity contribution < 1.29 is 4.74 Å². The molecule has 4 rings (SSSR count). The number of benzene rings is 3. The summed E-state index contributed by atoms with van der Waals surface area (Å²) in [7, 11) is 0. The second-order valence-electron chi connectivity index (χ2n) is 6.83. The van der Waals surface area contributed by atoms with E-state index in [1.165, 1.54) is 11.1 Å². The van der Waals surface area contributed by atoms with Crippen LogP contribution < -0.4 is 10.1 Å². The smallest absolute Gasteiger partial charge is 0.141 e. The Balaban J connectivity index is 1.67. The molecule has 0 amide bonds. The van der Waals surface area contributed by atoms with E-state index in [1.807, 2.05) is 49.4 Å². The lowest BCUT2D eigenvalue weighted by molar-refractivity contribution is 0.483. The van der Waals surface area contributed by atoms with Crippen LogP contribution in [0.15, 0.2) is 60.9 Å². The van der Waals surface area contributed by atoms with Crippen LogP contribution in [0.1, 0.15) is 16.7 Å². The van der Waals surface area contributed by atoms with Crippen LogP contribution in [0.25, 0.3) is 10.9 Å². The van der Waals surface area contributed by atoms with Crippen molar-refractivity contribution in [1.82, 2.24) is 9.97 Å². The molecule has 0 bridgehead atoms. The number of rotatable bonds is 4. The molecule has 1 heterocycles. The number of ether oxygens (including phenoxy) is 1. The molecular formula is C23H20ClN3O. The summed E-state index contributed by atoms with van der Waals surface area (Å²) in [6, 6.07) is 17.5. The van der Waals surface area contributed by atoms with Crippen molar-refractivity contribution in [3.05, 3.63) is 82.6 Å². The highest BCUT2D eigenvalue weighted by atomic mass is 35.5. The molecule has 1 N–H and O–H groups in total. The monoisotopic (exact) mass is 389 g/mol. The summed E-state index contributed by atoms with van der Waals surface area (Å²) < 4.78 is 5.96. The molecule has 4 aromatic rings. The van der Waals surface area contributed by atoms with Crippen LogP contribution in [-0.4, -0.2) is 9.97 Å². The molecule has 0 spiro atoms. The number of fused-ring (bicyclic) bond motifs is 1. The second kappa shape index (κ2) is 7.49. The summed E-state index contributed by atoms with van der Waals surface area (Å²) >= 11 is 5.94. The first-order chi connectivity index (χ1) is 13.5. The Hall–Kier alpha value is -3.11. The van der Waals surface area contributed by atoms with E-state index in [-0.39, 0.29) is 0 Å². The maximum Gasteiger partial charge on any atom is 0.141 e. The van der Waals surface area contributed by atoms with Crippen LogP contribution in [0, 0.1) is 20.8 Å². The Kier molecular flexibility index (Phi) is 4.88. The first kappa shape index (κ1) is 18.3. The zero-order chi connectivity index (χ0) is 19.7. The second-order valence-corrected chi connectivity index (χ2v) is 7.27. The Morgan fingerprint density at radius 2 is 1.50 bits per heavy atom. The molecule has 0 aliphatic carbocycles. The van der Waals surface area contributed by atoms with Crippen molar-refractivity contribution >= 4 is 34.0 Å². The lowest BCUT2D eigenvalue weighted by Crippen LogP contribution is -1.99. The van der Waals surface area contributed by atoms with Gasteiger partial charge < -0.3 is 10.1 Å². The predicted octanol–water partition coefficient (Wildman–Crippen LogP) is 6.74. The summed E-state index contributed by atoms with van der Waals surface area (Å²) in [6.45, 7) is 6.23. The largest absolute Gasteiger partial charge is 0.457 e. The van der Waals surface area contributed by atoms with Gasteiger partial charge >= 0.3 is 0 Å². The quantitative estimate of drug-likeness (QED) is 0.419. The molecule has 28 heavy (non-hydrogen) atoms. The van der Waals surface area contributed by atoms with Crippen LogP contribution in [0.4, 0.5) is 11.5 Å². The third kappa shape index (κ3) is 3.78. The van der Waals surface area contributed by atoms with Crippen molar-refractivity contribution in [3.8, 4) is 11.5 Å². The van der Waals surface area contributed by atoms with E-state index in [9.17, 15) is 0 Å². The predicted molar refractivity (Wildman–Crippen MR) is 115 cm³/mol. The van der Waals surface area contributed by atoms with Crippen molar-refractivity contribution in [2.75, 3.05) is 5.32 Å². The number of hydrogen-bond donors (Lipinski definition) is 1. The van der Waals surface area contributed by atoms with Crippen molar-refractivity contribution in [1.29, 1.82) is 0 Å². The fourth-order valence-corrected chi connectivity index (χ4v) is 3.11. The van der Waals surface area contributed by atoms with Gasteiger partial charge in [0.2, 0.25) is 0 Å². The van der Waals surface area contributed by atoms with Crippen LogP contribution in [0.2, 0.25) is 5.02 Å². The number of aryl methyl sites for hydroxylation is 3. The highest BCUT2D eigenvalue weighted by Crippen LogP contribution is 2.31. The number of nitrogens with one attached hydrogen (secondary N) is 1. The third-order valence-electron chi connectivity index (χ3n) is 4.76. The van der Waals surface area contributed by atoms with E-state index in [2.05, 4.69) is 41.3 Å². The van der Waals surface area contributed by atoms with Gasteiger partial charge in [0, 0.05) is 22.2 Å². The number of halogens is 1. The molecule has 0 aliphatic heterocycles. The minimum atomic E-state index is 0.680. The molecule has 4 nitrogen and oxygen atoms in total. The Morgan fingerprint density at radius 3 is 2.29 bits per heavy atom. The lowest BCUT2D eigenvalue weighted by atomic mass is 10.1. The highest BCUT2D eigenvalue weighted by Gasteiger charge is 2.09. The van der Waals surface area contributed by atoms with Gasteiger partial charge in [0.25, 0.3) is 0 Å². The zero-order valence-corrected chi connectivity index (χ0v) is 16.7. The summed E-state index contributed by atoms with van der Waals surface area (Å²) in [5, 5.41) is 5.12. The van der Waals surface area contributed by atoms with E-state index in [4.69, 9.17) is 16.3 Å². The Bertz CT molecular complexity index is 1160. The summed E-state index contributed by atoms with van der Waals surface area (Å²) in [5.74, 6) is 2.25. The van der Waals surface area contributed by atoms with Crippen molar-refractivity contribution in [3.63, 3.8) is 0 Å². The molecule has 1 aromatic heterocycles. The fourth-order valence-electron chi connectivity index (χ4n) is 2.98.